The summed E-state index contributed by atoms with van der Waals surface area (Å²) in [5.74, 6) is -0.798. The second-order valence-electron chi connectivity index (χ2n) is 18.3. The highest BCUT2D eigenvalue weighted by molar-refractivity contribution is 5.94. The van der Waals surface area contributed by atoms with E-state index in [0.717, 1.165) is 36.0 Å². The van der Waals surface area contributed by atoms with Crippen LogP contribution in [0.5, 0.6) is 0 Å². The van der Waals surface area contributed by atoms with Gasteiger partial charge < -0.3 is 31.4 Å². The van der Waals surface area contributed by atoms with Crippen LogP contribution in [0.25, 0.3) is 0 Å². The van der Waals surface area contributed by atoms with Crippen molar-refractivity contribution in [2.24, 2.45) is 29.4 Å². The number of nitrogens with two attached hydrogens (primary N) is 1. The minimum atomic E-state index is -1.12. The molecule has 63 heavy (non-hydrogen) atoms. The van der Waals surface area contributed by atoms with E-state index in [1.165, 1.54) is 19.3 Å². The number of allylic oxidation sites excluding steroid dienone is 1. The Morgan fingerprint density at radius 1 is 0.810 bits per heavy atom. The van der Waals surface area contributed by atoms with Crippen molar-refractivity contribution in [1.82, 2.24) is 25.5 Å². The third-order valence-electron chi connectivity index (χ3n) is 13.3. The molecule has 2 fully saturated rings. The van der Waals surface area contributed by atoms with Gasteiger partial charge in [0.05, 0.1) is 6.10 Å². The van der Waals surface area contributed by atoms with Crippen LogP contribution in [-0.2, 0) is 44.9 Å². The maximum atomic E-state index is 14.4. The molecule has 1 saturated carbocycles. The summed E-state index contributed by atoms with van der Waals surface area (Å²) in [6, 6.07) is 26.3. The molecule has 336 valence electrons. The first kappa shape index (κ1) is 46.9. The van der Waals surface area contributed by atoms with Gasteiger partial charge in [-0.1, -0.05) is 143 Å². The molecule has 2 heterocycles. The molecule has 1 aliphatic heterocycles. The number of aromatic amines is 1. The van der Waals surface area contributed by atoms with Crippen molar-refractivity contribution in [2.75, 3.05) is 6.54 Å². The molecule has 1 aliphatic carbocycles. The monoisotopic (exact) mass is 857 g/mol. The molecule has 6 atom stereocenters. The van der Waals surface area contributed by atoms with Crippen LogP contribution < -0.4 is 16.4 Å². The summed E-state index contributed by atoms with van der Waals surface area (Å²) in [7, 11) is 0. The molecule has 3 aromatic carbocycles. The average molecular weight is 857 g/mol. The summed E-state index contributed by atoms with van der Waals surface area (Å²) >= 11 is 0. The number of imidazole rings is 1. The van der Waals surface area contributed by atoms with E-state index in [1.54, 1.807) is 11.1 Å². The number of hydrogen-bond donors (Lipinski definition) is 5. The van der Waals surface area contributed by atoms with Gasteiger partial charge >= 0.3 is 0 Å². The number of nitrogens with zero attached hydrogens (tertiary/aromatic N) is 2. The number of benzene rings is 3. The van der Waals surface area contributed by atoms with Gasteiger partial charge in [0.15, 0.2) is 0 Å². The summed E-state index contributed by atoms with van der Waals surface area (Å²) in [6.45, 7) is 8.73. The predicted molar refractivity (Wildman–Crippen MR) is 247 cm³/mol. The Morgan fingerprint density at radius 3 is 1.95 bits per heavy atom. The lowest BCUT2D eigenvalue weighted by Gasteiger charge is -2.30. The van der Waals surface area contributed by atoms with Crippen molar-refractivity contribution in [1.29, 1.82) is 0 Å². The van der Waals surface area contributed by atoms with Crippen molar-refractivity contribution >= 4 is 23.6 Å². The van der Waals surface area contributed by atoms with Gasteiger partial charge in [-0.05, 0) is 73.0 Å². The van der Waals surface area contributed by atoms with E-state index in [4.69, 9.17) is 10.7 Å². The van der Waals surface area contributed by atoms with Crippen LogP contribution in [-0.4, -0.2) is 74.4 Å². The molecule has 6 N–H and O–H groups in total. The predicted octanol–water partition coefficient (Wildman–Crippen LogP) is 7.01. The maximum absolute atomic E-state index is 14.4. The van der Waals surface area contributed by atoms with E-state index < -0.39 is 42.0 Å². The third-order valence-corrected chi connectivity index (χ3v) is 13.3. The first-order chi connectivity index (χ1) is 30.5. The number of carbonyl (C=O) groups excluding carboxylic acids is 4. The zero-order valence-electron chi connectivity index (χ0n) is 37.2. The summed E-state index contributed by atoms with van der Waals surface area (Å²) in [4.78, 5) is 65.8. The third kappa shape index (κ3) is 13.5. The Kier molecular flexibility index (Phi) is 17.3. The minimum Gasteiger partial charge on any atom is -0.392 e. The zero-order chi connectivity index (χ0) is 44.7. The summed E-state index contributed by atoms with van der Waals surface area (Å²) in [6.07, 6.45) is 12.5. The van der Waals surface area contributed by atoms with Gasteiger partial charge in [-0.25, -0.2) is 4.98 Å². The first-order valence-corrected chi connectivity index (χ1v) is 23.2. The standard InChI is InChI=1S/C52H68N6O5/c1-4-40(35(2)3)32-47(59)43(30-38-22-13-7-14-23-38)49-54-34-42(55-49)33-44(48(53)60)56-50(61)45(31-39-24-15-8-16-25-39)57-51(62)46-26-17-27-58(46)52(63)41(28-36-18-9-5-10-19-36)29-37-20-11-6-12-21-37/h4-6,8-12,15-16,18-21,24-25,34-35,38,40-41,43-47,59H,1,7,13-14,17,22-23,26-33H2,2-3H3,(H2,53,60)(H,54,55)(H,56,61)(H,57,62)/t40-,43+,44?,45-,46+,47-/m0/s1. The van der Waals surface area contributed by atoms with E-state index in [2.05, 4.69) is 36.0 Å². The fraction of sp³-hybridized carbons (Fsp3) is 0.481. The number of aliphatic hydroxyl groups excluding tert-OH is 1. The van der Waals surface area contributed by atoms with Crippen LogP contribution in [0.1, 0.15) is 106 Å². The van der Waals surface area contributed by atoms with Gasteiger partial charge in [0, 0.05) is 43.1 Å². The molecule has 4 aromatic rings. The van der Waals surface area contributed by atoms with E-state index in [-0.39, 0.29) is 36.5 Å². The highest BCUT2D eigenvalue weighted by Gasteiger charge is 2.39. The Labute approximate surface area is 373 Å². The van der Waals surface area contributed by atoms with Gasteiger partial charge in [0.1, 0.15) is 23.9 Å². The van der Waals surface area contributed by atoms with Crippen molar-refractivity contribution in [2.45, 2.75) is 127 Å². The second kappa shape index (κ2) is 23.2. The zero-order valence-corrected chi connectivity index (χ0v) is 37.2. The number of H-pyrrole nitrogens is 1. The molecule has 1 saturated heterocycles. The minimum absolute atomic E-state index is 0.0444. The quantitative estimate of drug-likeness (QED) is 0.0533. The van der Waals surface area contributed by atoms with Crippen LogP contribution in [0.3, 0.4) is 0 Å². The Morgan fingerprint density at radius 2 is 1.40 bits per heavy atom. The molecule has 11 heteroatoms. The molecule has 0 radical (unpaired) electrons. The summed E-state index contributed by atoms with van der Waals surface area (Å²) < 4.78 is 0. The molecule has 1 aromatic heterocycles. The smallest absolute Gasteiger partial charge is 0.243 e. The Balaban J connectivity index is 1.17. The Hall–Kier alpha value is -5.55. The lowest BCUT2D eigenvalue weighted by Crippen LogP contribution is -2.57. The van der Waals surface area contributed by atoms with Crippen molar-refractivity contribution < 1.29 is 24.3 Å². The highest BCUT2D eigenvalue weighted by Crippen LogP contribution is 2.36. The Bertz CT molecular complexity index is 2030. The second-order valence-corrected chi connectivity index (χ2v) is 18.3. The van der Waals surface area contributed by atoms with Crippen LogP contribution in [0.4, 0.5) is 0 Å². The van der Waals surface area contributed by atoms with E-state index in [9.17, 15) is 24.3 Å². The van der Waals surface area contributed by atoms with E-state index in [0.29, 0.717) is 62.0 Å². The summed E-state index contributed by atoms with van der Waals surface area (Å²) in [5.41, 5.74) is 9.45. The number of rotatable bonds is 22. The van der Waals surface area contributed by atoms with E-state index in [1.807, 2.05) is 97.1 Å². The lowest BCUT2D eigenvalue weighted by molar-refractivity contribution is -0.142. The van der Waals surface area contributed by atoms with Gasteiger partial charge in [-0.2, -0.15) is 0 Å². The van der Waals surface area contributed by atoms with Gasteiger partial charge in [0.2, 0.25) is 23.6 Å². The lowest BCUT2D eigenvalue weighted by atomic mass is 9.78. The number of amides is 4. The first-order valence-electron chi connectivity index (χ1n) is 23.2. The molecule has 0 bridgehead atoms. The fourth-order valence-electron chi connectivity index (χ4n) is 9.61. The number of carbonyl (C=O) groups is 4. The molecule has 1 unspecified atom stereocenters. The molecule has 0 spiro atoms. The fourth-order valence-corrected chi connectivity index (χ4v) is 9.61. The molecule has 6 rings (SSSR count). The SMILES string of the molecule is C=C[C@@H](C[C@H](O)[C@@H](CC1CCCCC1)c1ncc(CC(NC(=O)[C@H](Cc2ccccc2)NC(=O)[C@H]2CCCN2C(=O)C(Cc2ccccc2)Cc2ccccc2)C(N)=O)[nH]1)C(C)C. The molecule has 11 nitrogen and oxygen atoms in total. The van der Waals surface area contributed by atoms with Crippen LogP contribution in [0.2, 0.25) is 0 Å². The number of primary amides is 1. The molecular formula is C52H68N6O5. The number of aromatic nitrogens is 2. The van der Waals surface area contributed by atoms with Gasteiger partial charge in [0.25, 0.3) is 0 Å². The van der Waals surface area contributed by atoms with Crippen molar-refractivity contribution in [3.05, 3.63) is 138 Å². The van der Waals surface area contributed by atoms with Crippen LogP contribution in [0, 0.1) is 23.7 Å². The number of likely N-dealkylation sites (tertiary alicyclic amines) is 1. The van der Waals surface area contributed by atoms with Gasteiger partial charge in [-0.15, -0.1) is 6.58 Å². The number of nitrogens with one attached hydrogen (secondary N) is 3. The topological polar surface area (TPSA) is 171 Å². The normalized spacial score (nSPS) is 18.0. The van der Waals surface area contributed by atoms with Crippen molar-refractivity contribution in [3.63, 3.8) is 0 Å². The van der Waals surface area contributed by atoms with Crippen molar-refractivity contribution in [3.8, 4) is 0 Å². The summed E-state index contributed by atoms with van der Waals surface area (Å²) in [5, 5.41) is 17.5. The number of aliphatic hydroxyl groups is 1. The average Bonchev–Trinajstić information content (AvgIpc) is 3.98. The molecule has 2 aliphatic rings. The van der Waals surface area contributed by atoms with Crippen LogP contribution in [0.15, 0.2) is 110 Å². The van der Waals surface area contributed by atoms with E-state index >= 15 is 0 Å². The molecular weight excluding hydrogens is 789 g/mol. The molecule has 4 amide bonds. The van der Waals surface area contributed by atoms with Gasteiger partial charge in [-0.3, -0.25) is 19.2 Å². The largest absolute Gasteiger partial charge is 0.392 e. The maximum Gasteiger partial charge on any atom is 0.243 e. The number of hydrogen-bond acceptors (Lipinski definition) is 6. The van der Waals surface area contributed by atoms with Crippen LogP contribution >= 0.6 is 0 Å². The highest BCUT2D eigenvalue weighted by atomic mass is 16.3.